The number of ether oxygens (including phenoxy) is 1. The molecule has 3 rings (SSSR count). The van der Waals surface area contributed by atoms with E-state index in [1.807, 2.05) is 26.0 Å². The summed E-state index contributed by atoms with van der Waals surface area (Å²) in [5, 5.41) is 7.40. The van der Waals surface area contributed by atoms with E-state index in [-0.39, 0.29) is 30.6 Å². The second kappa shape index (κ2) is 11.7. The standard InChI is InChI=1S/C24H32N2O2.2ClH/c1-17(27)24(2,3)20-12-13-22(28-4)19(15-20)16-26-21-11-8-14-25-23(21)18-9-6-5-7-10-18;;/h5-7,9-10,12-13,15,21,23,25-26H,8,11,14,16H2,1-4H3;2*1H/t21-,23-;;/m0../s1. The highest BCUT2D eigenvalue weighted by atomic mass is 35.5. The van der Waals surface area contributed by atoms with Gasteiger partial charge in [-0.1, -0.05) is 36.4 Å². The van der Waals surface area contributed by atoms with Gasteiger partial charge in [0.2, 0.25) is 0 Å². The number of carbonyl (C=O) groups excluding carboxylic acids is 1. The van der Waals surface area contributed by atoms with Crippen LogP contribution in [0.4, 0.5) is 0 Å². The van der Waals surface area contributed by atoms with Crippen molar-refractivity contribution in [3.8, 4) is 5.75 Å². The average Bonchev–Trinajstić information content (AvgIpc) is 2.72. The van der Waals surface area contributed by atoms with Crippen LogP contribution in [0.2, 0.25) is 0 Å². The smallest absolute Gasteiger partial charge is 0.139 e. The summed E-state index contributed by atoms with van der Waals surface area (Å²) in [6, 6.07) is 17.4. The highest BCUT2D eigenvalue weighted by molar-refractivity contribution is 5.87. The maximum atomic E-state index is 12.1. The lowest BCUT2D eigenvalue weighted by Crippen LogP contribution is -2.45. The number of methoxy groups -OCH3 is 1. The molecule has 0 saturated carbocycles. The fourth-order valence-corrected chi connectivity index (χ4v) is 3.87. The number of halogens is 2. The molecule has 2 N–H and O–H groups in total. The molecule has 0 bridgehead atoms. The lowest BCUT2D eigenvalue weighted by Gasteiger charge is -2.34. The van der Waals surface area contributed by atoms with Crippen molar-refractivity contribution < 1.29 is 9.53 Å². The van der Waals surface area contributed by atoms with Crippen LogP contribution in [-0.2, 0) is 16.8 Å². The first-order valence-electron chi connectivity index (χ1n) is 10.1. The Hall–Kier alpha value is -1.59. The first kappa shape index (κ1) is 26.4. The first-order chi connectivity index (χ1) is 13.4. The van der Waals surface area contributed by atoms with Crippen LogP contribution in [0.1, 0.15) is 56.3 Å². The highest BCUT2D eigenvalue weighted by Gasteiger charge is 2.28. The molecule has 6 heteroatoms. The summed E-state index contributed by atoms with van der Waals surface area (Å²) >= 11 is 0. The van der Waals surface area contributed by atoms with E-state index in [2.05, 4.69) is 47.0 Å². The third-order valence-corrected chi connectivity index (χ3v) is 6.05. The van der Waals surface area contributed by atoms with E-state index in [9.17, 15) is 4.79 Å². The zero-order chi connectivity index (χ0) is 20.1. The van der Waals surface area contributed by atoms with Crippen molar-refractivity contribution in [1.82, 2.24) is 10.6 Å². The SMILES string of the molecule is COc1ccc(C(C)(C)C(C)=O)cc1CN[C@H]1CCCN[C@H]1c1ccccc1.Cl.Cl. The lowest BCUT2D eigenvalue weighted by atomic mass is 9.80. The summed E-state index contributed by atoms with van der Waals surface area (Å²) in [4.78, 5) is 12.1. The van der Waals surface area contributed by atoms with Gasteiger partial charge in [-0.25, -0.2) is 0 Å². The van der Waals surface area contributed by atoms with Gasteiger partial charge in [0.05, 0.1) is 7.11 Å². The molecule has 0 spiro atoms. The second-order valence-corrected chi connectivity index (χ2v) is 8.18. The molecule has 2 atom stereocenters. The van der Waals surface area contributed by atoms with Crippen molar-refractivity contribution in [1.29, 1.82) is 0 Å². The Balaban J connectivity index is 0.00000225. The molecule has 0 amide bonds. The minimum Gasteiger partial charge on any atom is -0.496 e. The van der Waals surface area contributed by atoms with Crippen molar-refractivity contribution >= 4 is 30.6 Å². The minimum absolute atomic E-state index is 0. The fraction of sp³-hybridized carbons (Fsp3) is 0.458. The van der Waals surface area contributed by atoms with Gasteiger partial charge >= 0.3 is 0 Å². The molecular weight excluding hydrogens is 419 g/mol. The van der Waals surface area contributed by atoms with Crippen LogP contribution in [0.15, 0.2) is 48.5 Å². The van der Waals surface area contributed by atoms with Gasteiger partial charge in [-0.2, -0.15) is 0 Å². The molecule has 30 heavy (non-hydrogen) atoms. The molecule has 1 fully saturated rings. The van der Waals surface area contributed by atoms with E-state index in [0.29, 0.717) is 18.6 Å². The number of piperidine rings is 1. The van der Waals surface area contributed by atoms with Crippen molar-refractivity contribution in [2.75, 3.05) is 13.7 Å². The number of carbonyl (C=O) groups is 1. The van der Waals surface area contributed by atoms with Crippen LogP contribution in [0.5, 0.6) is 5.75 Å². The number of nitrogens with one attached hydrogen (secondary N) is 2. The maximum Gasteiger partial charge on any atom is 0.139 e. The van der Waals surface area contributed by atoms with Gasteiger partial charge in [0, 0.05) is 29.6 Å². The van der Waals surface area contributed by atoms with Crippen molar-refractivity contribution in [2.24, 2.45) is 0 Å². The molecule has 2 aromatic carbocycles. The predicted octanol–water partition coefficient (Wildman–Crippen LogP) is 4.99. The third-order valence-electron chi connectivity index (χ3n) is 6.05. The van der Waals surface area contributed by atoms with Crippen LogP contribution in [0.3, 0.4) is 0 Å². The number of hydrogen-bond donors (Lipinski definition) is 2. The lowest BCUT2D eigenvalue weighted by molar-refractivity contribution is -0.121. The van der Waals surface area contributed by atoms with Crippen LogP contribution in [0, 0.1) is 0 Å². The molecule has 1 aliphatic rings. The Kier molecular flexibility index (Phi) is 10.3. The molecule has 1 heterocycles. The monoisotopic (exact) mass is 452 g/mol. The summed E-state index contributed by atoms with van der Waals surface area (Å²) in [5.74, 6) is 1.02. The second-order valence-electron chi connectivity index (χ2n) is 8.18. The first-order valence-corrected chi connectivity index (χ1v) is 10.1. The average molecular weight is 453 g/mol. The Morgan fingerprint density at radius 3 is 2.50 bits per heavy atom. The zero-order valence-corrected chi connectivity index (χ0v) is 19.9. The van der Waals surface area contributed by atoms with Crippen LogP contribution in [0.25, 0.3) is 0 Å². The largest absolute Gasteiger partial charge is 0.496 e. The Morgan fingerprint density at radius 1 is 1.17 bits per heavy atom. The van der Waals surface area contributed by atoms with Crippen LogP contribution >= 0.6 is 24.8 Å². The molecule has 166 valence electrons. The number of hydrogen-bond acceptors (Lipinski definition) is 4. The van der Waals surface area contributed by atoms with Gasteiger partial charge in [0.25, 0.3) is 0 Å². The molecule has 0 aliphatic carbocycles. The van der Waals surface area contributed by atoms with Crippen molar-refractivity contribution in [3.63, 3.8) is 0 Å². The van der Waals surface area contributed by atoms with E-state index in [1.165, 1.54) is 5.56 Å². The molecule has 1 aliphatic heterocycles. The van der Waals surface area contributed by atoms with Crippen molar-refractivity contribution in [2.45, 2.75) is 57.7 Å². The Morgan fingerprint density at radius 2 is 1.87 bits per heavy atom. The van der Waals surface area contributed by atoms with Crippen LogP contribution in [-0.4, -0.2) is 25.5 Å². The fourth-order valence-electron chi connectivity index (χ4n) is 3.87. The molecule has 0 aromatic heterocycles. The molecule has 4 nitrogen and oxygen atoms in total. The van der Waals surface area contributed by atoms with E-state index in [1.54, 1.807) is 14.0 Å². The molecule has 0 radical (unpaired) electrons. The number of benzene rings is 2. The molecule has 1 saturated heterocycles. The van der Waals surface area contributed by atoms with E-state index in [4.69, 9.17) is 4.74 Å². The van der Waals surface area contributed by atoms with Gasteiger partial charge in [-0.3, -0.25) is 4.79 Å². The van der Waals surface area contributed by atoms with Gasteiger partial charge in [-0.15, -0.1) is 24.8 Å². The quantitative estimate of drug-likeness (QED) is 0.621. The number of rotatable bonds is 7. The molecule has 0 unspecified atom stereocenters. The summed E-state index contributed by atoms with van der Waals surface area (Å²) in [6.45, 7) is 7.36. The summed E-state index contributed by atoms with van der Waals surface area (Å²) in [6.07, 6.45) is 2.29. The topological polar surface area (TPSA) is 50.4 Å². The normalized spacial score (nSPS) is 18.7. The predicted molar refractivity (Wildman–Crippen MR) is 128 cm³/mol. The third kappa shape index (κ3) is 5.98. The maximum absolute atomic E-state index is 12.1. The molecular formula is C24H34Cl2N2O2. The number of Topliss-reactive ketones (excluding diaryl/α,β-unsaturated/α-hetero) is 1. The summed E-state index contributed by atoms with van der Waals surface area (Å²) < 4.78 is 5.58. The number of ketones is 1. The van der Waals surface area contributed by atoms with Gasteiger partial charge in [0.15, 0.2) is 0 Å². The Bertz CT molecular complexity index is 812. The summed E-state index contributed by atoms with van der Waals surface area (Å²) in [7, 11) is 1.70. The minimum atomic E-state index is -0.500. The molecule has 2 aromatic rings. The highest BCUT2D eigenvalue weighted by Crippen LogP contribution is 2.30. The van der Waals surface area contributed by atoms with Gasteiger partial charge in [-0.05, 0) is 63.4 Å². The van der Waals surface area contributed by atoms with Gasteiger partial charge < -0.3 is 15.4 Å². The van der Waals surface area contributed by atoms with Crippen LogP contribution < -0.4 is 15.4 Å². The van der Waals surface area contributed by atoms with E-state index >= 15 is 0 Å². The zero-order valence-electron chi connectivity index (χ0n) is 18.2. The van der Waals surface area contributed by atoms with Crippen molar-refractivity contribution in [3.05, 3.63) is 65.2 Å². The summed E-state index contributed by atoms with van der Waals surface area (Å²) in [5.41, 5.74) is 2.93. The van der Waals surface area contributed by atoms with E-state index in [0.717, 1.165) is 36.3 Å². The van der Waals surface area contributed by atoms with E-state index < -0.39 is 5.41 Å². The van der Waals surface area contributed by atoms with Gasteiger partial charge in [0.1, 0.15) is 11.5 Å². The Labute approximate surface area is 193 Å².